The Hall–Kier alpha value is -1.65. The highest BCUT2D eigenvalue weighted by molar-refractivity contribution is 6.02. The minimum absolute atomic E-state index is 0.0168. The number of hydrogen-bond donors (Lipinski definition) is 0. The predicted molar refractivity (Wildman–Crippen MR) is 109 cm³/mol. The number of amides is 3. The molecular formula is C22H38N2O3. The molecule has 1 saturated carbocycles. The number of hydrogen-bond acceptors (Lipinski definition) is 3. The van der Waals surface area contributed by atoms with E-state index in [1.807, 2.05) is 34.6 Å². The maximum atomic E-state index is 13.3. The van der Waals surface area contributed by atoms with E-state index in [9.17, 15) is 14.4 Å². The number of carbonyl (C=O) groups excluding carboxylic acids is 3. The molecule has 27 heavy (non-hydrogen) atoms. The molecule has 1 aliphatic carbocycles. The van der Waals surface area contributed by atoms with Crippen LogP contribution < -0.4 is 0 Å². The van der Waals surface area contributed by atoms with Crippen LogP contribution >= 0.6 is 0 Å². The third-order valence-electron chi connectivity index (χ3n) is 5.37. The molecule has 0 radical (unpaired) electrons. The first-order valence-electron chi connectivity index (χ1n) is 10.1. The number of nitrogens with zero attached hydrogens (tertiary/aromatic N) is 2. The van der Waals surface area contributed by atoms with E-state index in [1.54, 1.807) is 18.7 Å². The maximum absolute atomic E-state index is 13.3. The van der Waals surface area contributed by atoms with Crippen LogP contribution in [0.25, 0.3) is 0 Å². The van der Waals surface area contributed by atoms with Gasteiger partial charge in [0.25, 0.3) is 5.91 Å². The Morgan fingerprint density at radius 2 is 1.48 bits per heavy atom. The molecule has 0 saturated heterocycles. The Bertz CT molecular complexity index is 581. The van der Waals surface area contributed by atoms with Crippen LogP contribution in [0.3, 0.4) is 0 Å². The van der Waals surface area contributed by atoms with Crippen LogP contribution in [0.1, 0.15) is 81.1 Å². The first-order valence-corrected chi connectivity index (χ1v) is 10.1. The molecule has 5 nitrogen and oxygen atoms in total. The van der Waals surface area contributed by atoms with E-state index >= 15 is 0 Å². The van der Waals surface area contributed by atoms with Gasteiger partial charge in [-0.25, -0.2) is 0 Å². The van der Waals surface area contributed by atoms with Gasteiger partial charge in [-0.1, -0.05) is 34.3 Å². The molecule has 1 fully saturated rings. The van der Waals surface area contributed by atoms with Gasteiger partial charge in [-0.05, 0) is 59.3 Å². The summed E-state index contributed by atoms with van der Waals surface area (Å²) in [6, 6.07) is -0.941. The summed E-state index contributed by atoms with van der Waals surface area (Å²) in [5.41, 5.74) is -0.241. The van der Waals surface area contributed by atoms with Crippen LogP contribution in [-0.4, -0.2) is 45.6 Å². The lowest BCUT2D eigenvalue weighted by molar-refractivity contribution is -0.158. The van der Waals surface area contributed by atoms with Crippen molar-refractivity contribution in [3.63, 3.8) is 0 Å². The molecule has 1 aliphatic rings. The summed E-state index contributed by atoms with van der Waals surface area (Å²) in [6.45, 7) is 18.5. The standard InChI is InChI=1S/C22H38N2O3/c1-14(2)19(25)24(18-12-10-16(5)11-13-18)17(6)20(26)23(15(3)4)21(27)22(7,8)9/h15-18H,1,10-13H2,2-9H3. The van der Waals surface area contributed by atoms with Crippen molar-refractivity contribution in [2.45, 2.75) is 99.2 Å². The molecule has 3 amide bonds. The van der Waals surface area contributed by atoms with E-state index in [0.29, 0.717) is 11.5 Å². The molecule has 0 heterocycles. The fourth-order valence-corrected chi connectivity index (χ4v) is 3.67. The van der Waals surface area contributed by atoms with Crippen LogP contribution in [0.5, 0.6) is 0 Å². The fraction of sp³-hybridized carbons (Fsp3) is 0.773. The highest BCUT2D eigenvalue weighted by atomic mass is 16.2. The third-order valence-corrected chi connectivity index (χ3v) is 5.37. The van der Waals surface area contributed by atoms with Crippen LogP contribution in [0.15, 0.2) is 12.2 Å². The van der Waals surface area contributed by atoms with Crippen molar-refractivity contribution in [1.29, 1.82) is 0 Å². The van der Waals surface area contributed by atoms with E-state index in [2.05, 4.69) is 13.5 Å². The lowest BCUT2D eigenvalue weighted by Crippen LogP contribution is -2.58. The van der Waals surface area contributed by atoms with E-state index < -0.39 is 11.5 Å². The third kappa shape index (κ3) is 5.66. The molecule has 0 bridgehead atoms. The second-order valence-corrected chi connectivity index (χ2v) is 9.44. The van der Waals surface area contributed by atoms with Crippen molar-refractivity contribution < 1.29 is 14.4 Å². The van der Waals surface area contributed by atoms with Gasteiger partial charge in [0, 0.05) is 23.1 Å². The van der Waals surface area contributed by atoms with E-state index in [0.717, 1.165) is 25.7 Å². The number of carbonyl (C=O) groups is 3. The Balaban J connectivity index is 3.20. The summed E-state index contributed by atoms with van der Waals surface area (Å²) in [6.07, 6.45) is 3.85. The topological polar surface area (TPSA) is 57.7 Å². The molecule has 1 unspecified atom stereocenters. The summed E-state index contributed by atoms with van der Waals surface area (Å²) in [7, 11) is 0. The minimum atomic E-state index is -0.693. The SMILES string of the molecule is C=C(C)C(=O)N(C1CCC(C)CC1)C(C)C(=O)N(C(=O)C(C)(C)C)C(C)C. The van der Waals surface area contributed by atoms with Crippen molar-refractivity contribution in [3.8, 4) is 0 Å². The van der Waals surface area contributed by atoms with Gasteiger partial charge in [-0.15, -0.1) is 0 Å². The Kier molecular flexibility index (Phi) is 7.82. The average Bonchev–Trinajstić information content (AvgIpc) is 2.55. The van der Waals surface area contributed by atoms with Gasteiger partial charge in [0.2, 0.25) is 11.8 Å². The summed E-state index contributed by atoms with van der Waals surface area (Å²) in [5, 5.41) is 0. The highest BCUT2D eigenvalue weighted by Gasteiger charge is 2.40. The Labute approximate surface area is 165 Å². The first kappa shape index (κ1) is 23.4. The molecule has 5 heteroatoms. The summed E-state index contributed by atoms with van der Waals surface area (Å²) < 4.78 is 0. The van der Waals surface area contributed by atoms with Crippen molar-refractivity contribution in [1.82, 2.24) is 9.80 Å². The quantitative estimate of drug-likeness (QED) is 0.675. The van der Waals surface area contributed by atoms with Crippen molar-refractivity contribution in [2.75, 3.05) is 0 Å². The van der Waals surface area contributed by atoms with E-state index in [1.165, 1.54) is 4.90 Å². The molecule has 0 spiro atoms. The highest BCUT2D eigenvalue weighted by Crippen LogP contribution is 2.30. The molecule has 0 aromatic carbocycles. The Morgan fingerprint density at radius 1 is 1.00 bits per heavy atom. The van der Waals surface area contributed by atoms with Crippen molar-refractivity contribution >= 4 is 17.7 Å². The molecule has 1 rings (SSSR count). The van der Waals surface area contributed by atoms with E-state index in [-0.39, 0.29) is 29.8 Å². The largest absolute Gasteiger partial charge is 0.324 e. The molecule has 1 atom stereocenters. The number of rotatable bonds is 5. The molecule has 0 aromatic rings. The van der Waals surface area contributed by atoms with Gasteiger partial charge in [-0.3, -0.25) is 19.3 Å². The summed E-state index contributed by atoms with van der Waals surface area (Å²) in [4.78, 5) is 42.1. The van der Waals surface area contributed by atoms with Gasteiger partial charge in [0.05, 0.1) is 0 Å². The van der Waals surface area contributed by atoms with Crippen molar-refractivity contribution in [2.24, 2.45) is 11.3 Å². The monoisotopic (exact) mass is 378 g/mol. The summed E-state index contributed by atoms with van der Waals surface area (Å²) in [5.74, 6) is -0.0709. The zero-order chi connectivity index (χ0) is 21.1. The zero-order valence-electron chi connectivity index (χ0n) is 18.5. The predicted octanol–water partition coefficient (Wildman–Crippen LogP) is 4.17. The first-order chi connectivity index (χ1) is 12.3. The van der Waals surface area contributed by atoms with E-state index in [4.69, 9.17) is 0 Å². The number of imide groups is 1. The van der Waals surface area contributed by atoms with Crippen LogP contribution in [0.2, 0.25) is 0 Å². The zero-order valence-corrected chi connectivity index (χ0v) is 18.5. The average molecular weight is 379 g/mol. The van der Waals surface area contributed by atoms with Crippen LogP contribution in [-0.2, 0) is 14.4 Å². The summed E-state index contributed by atoms with van der Waals surface area (Å²) >= 11 is 0. The van der Waals surface area contributed by atoms with Gasteiger partial charge < -0.3 is 4.90 Å². The Morgan fingerprint density at radius 3 is 1.85 bits per heavy atom. The normalized spacial score (nSPS) is 21.5. The van der Waals surface area contributed by atoms with Crippen molar-refractivity contribution in [3.05, 3.63) is 12.2 Å². The van der Waals surface area contributed by atoms with Gasteiger partial charge in [-0.2, -0.15) is 0 Å². The van der Waals surface area contributed by atoms with Gasteiger partial charge >= 0.3 is 0 Å². The maximum Gasteiger partial charge on any atom is 0.251 e. The second kappa shape index (κ2) is 9.03. The fourth-order valence-electron chi connectivity index (χ4n) is 3.67. The minimum Gasteiger partial charge on any atom is -0.324 e. The molecule has 0 aromatic heterocycles. The van der Waals surface area contributed by atoms with Crippen LogP contribution in [0.4, 0.5) is 0 Å². The van der Waals surface area contributed by atoms with Crippen LogP contribution in [0, 0.1) is 11.3 Å². The molecular weight excluding hydrogens is 340 g/mol. The van der Waals surface area contributed by atoms with Gasteiger partial charge in [0.1, 0.15) is 6.04 Å². The lowest BCUT2D eigenvalue weighted by Gasteiger charge is -2.42. The molecule has 154 valence electrons. The van der Waals surface area contributed by atoms with Gasteiger partial charge in [0.15, 0.2) is 0 Å². The lowest BCUT2D eigenvalue weighted by atomic mass is 9.85. The molecule has 0 aliphatic heterocycles. The smallest absolute Gasteiger partial charge is 0.251 e. The second-order valence-electron chi connectivity index (χ2n) is 9.44. The molecule has 0 N–H and O–H groups in total.